The molecule has 0 aliphatic carbocycles. The maximum atomic E-state index is 12.4. The standard InChI is InChI=1S/C16H21N3O2S.ClH/c20-15(10-12-11-22-9-7-17-12)18-14-6-8-19(16(14)21)13-4-2-1-3-5-13;/h1-5,12,14,17H,6-11H2,(H,18,20);1H. The second-order valence-electron chi connectivity index (χ2n) is 5.66. The summed E-state index contributed by atoms with van der Waals surface area (Å²) >= 11 is 1.87. The van der Waals surface area contributed by atoms with Gasteiger partial charge in [-0.15, -0.1) is 12.4 Å². The fourth-order valence-electron chi connectivity index (χ4n) is 2.91. The highest BCUT2D eigenvalue weighted by Gasteiger charge is 2.33. The molecule has 0 saturated carbocycles. The summed E-state index contributed by atoms with van der Waals surface area (Å²) in [4.78, 5) is 26.3. The number of nitrogens with one attached hydrogen (secondary N) is 2. The third kappa shape index (κ3) is 4.62. The van der Waals surface area contributed by atoms with E-state index in [-0.39, 0.29) is 36.3 Å². The Hall–Kier alpha value is -1.24. The van der Waals surface area contributed by atoms with Crippen molar-refractivity contribution in [1.82, 2.24) is 10.6 Å². The van der Waals surface area contributed by atoms with Gasteiger partial charge in [-0.05, 0) is 18.6 Å². The number of benzene rings is 1. The van der Waals surface area contributed by atoms with E-state index in [4.69, 9.17) is 0 Å². The molecule has 0 radical (unpaired) electrons. The molecule has 1 aromatic rings. The first-order valence-electron chi connectivity index (χ1n) is 7.71. The molecule has 0 aromatic heterocycles. The molecule has 23 heavy (non-hydrogen) atoms. The van der Waals surface area contributed by atoms with Crippen LogP contribution < -0.4 is 15.5 Å². The number of hydrogen-bond acceptors (Lipinski definition) is 4. The van der Waals surface area contributed by atoms with Gasteiger partial charge in [-0.25, -0.2) is 0 Å². The van der Waals surface area contributed by atoms with E-state index in [1.807, 2.05) is 42.1 Å². The minimum absolute atomic E-state index is 0. The van der Waals surface area contributed by atoms with Crippen molar-refractivity contribution in [3.8, 4) is 0 Å². The average Bonchev–Trinajstić information content (AvgIpc) is 2.90. The molecular weight excluding hydrogens is 334 g/mol. The molecule has 2 fully saturated rings. The maximum Gasteiger partial charge on any atom is 0.249 e. The zero-order valence-electron chi connectivity index (χ0n) is 12.9. The second kappa shape index (κ2) is 8.57. The number of rotatable bonds is 4. The van der Waals surface area contributed by atoms with Crippen molar-refractivity contribution in [3.63, 3.8) is 0 Å². The predicted octanol–water partition coefficient (Wildman–Crippen LogP) is 1.43. The van der Waals surface area contributed by atoms with Gasteiger partial charge in [-0.3, -0.25) is 9.59 Å². The van der Waals surface area contributed by atoms with Gasteiger partial charge in [0.2, 0.25) is 11.8 Å². The van der Waals surface area contributed by atoms with E-state index in [0.717, 1.165) is 23.7 Å². The van der Waals surface area contributed by atoms with E-state index in [2.05, 4.69) is 10.6 Å². The minimum atomic E-state index is -0.385. The Kier molecular flexibility index (Phi) is 6.74. The summed E-state index contributed by atoms with van der Waals surface area (Å²) < 4.78 is 0. The van der Waals surface area contributed by atoms with E-state index in [1.54, 1.807) is 4.90 Å². The first-order valence-corrected chi connectivity index (χ1v) is 8.86. The molecule has 2 amide bonds. The number of para-hydroxylation sites is 1. The van der Waals surface area contributed by atoms with Crippen LogP contribution >= 0.6 is 24.2 Å². The van der Waals surface area contributed by atoms with Crippen LogP contribution in [0.25, 0.3) is 0 Å². The minimum Gasteiger partial charge on any atom is -0.344 e. The van der Waals surface area contributed by atoms with E-state index < -0.39 is 0 Å². The third-order valence-electron chi connectivity index (χ3n) is 4.04. The Balaban J connectivity index is 0.00000192. The molecule has 7 heteroatoms. The van der Waals surface area contributed by atoms with Crippen LogP contribution in [0.5, 0.6) is 0 Å². The average molecular weight is 356 g/mol. The van der Waals surface area contributed by atoms with Gasteiger partial charge >= 0.3 is 0 Å². The summed E-state index contributed by atoms with van der Waals surface area (Å²) in [6.45, 7) is 1.61. The molecule has 5 nitrogen and oxygen atoms in total. The first-order chi connectivity index (χ1) is 10.7. The van der Waals surface area contributed by atoms with E-state index >= 15 is 0 Å². The largest absolute Gasteiger partial charge is 0.344 e. The lowest BCUT2D eigenvalue weighted by molar-refractivity contribution is -0.126. The monoisotopic (exact) mass is 355 g/mol. The second-order valence-corrected chi connectivity index (χ2v) is 6.81. The predicted molar refractivity (Wildman–Crippen MR) is 96.3 cm³/mol. The van der Waals surface area contributed by atoms with Crippen LogP contribution in [0, 0.1) is 0 Å². The molecule has 1 aromatic carbocycles. The molecule has 3 rings (SSSR count). The highest BCUT2D eigenvalue weighted by Crippen LogP contribution is 2.21. The summed E-state index contributed by atoms with van der Waals surface area (Å²) in [5, 5.41) is 6.24. The first kappa shape index (κ1) is 18.1. The van der Waals surface area contributed by atoms with Gasteiger partial charge in [-0.1, -0.05) is 18.2 Å². The van der Waals surface area contributed by atoms with Gasteiger partial charge < -0.3 is 15.5 Å². The molecule has 0 bridgehead atoms. The van der Waals surface area contributed by atoms with E-state index in [0.29, 0.717) is 19.4 Å². The zero-order chi connectivity index (χ0) is 15.4. The highest BCUT2D eigenvalue weighted by atomic mass is 35.5. The number of anilines is 1. The Bertz CT molecular complexity index is 537. The smallest absolute Gasteiger partial charge is 0.249 e. The van der Waals surface area contributed by atoms with Crippen LogP contribution in [0.15, 0.2) is 30.3 Å². The lowest BCUT2D eigenvalue weighted by atomic mass is 10.2. The highest BCUT2D eigenvalue weighted by molar-refractivity contribution is 7.99. The summed E-state index contributed by atoms with van der Waals surface area (Å²) in [6, 6.07) is 9.45. The number of hydrogen-bond donors (Lipinski definition) is 2. The Morgan fingerprint density at radius 1 is 1.35 bits per heavy atom. The van der Waals surface area contributed by atoms with Gasteiger partial charge in [0.25, 0.3) is 0 Å². The summed E-state index contributed by atoms with van der Waals surface area (Å²) in [5.41, 5.74) is 0.898. The van der Waals surface area contributed by atoms with Crippen molar-refractivity contribution in [1.29, 1.82) is 0 Å². The Labute approximate surface area is 147 Å². The Morgan fingerprint density at radius 3 is 2.83 bits per heavy atom. The molecule has 0 spiro atoms. The van der Waals surface area contributed by atoms with Gasteiger partial charge in [0.05, 0.1) is 0 Å². The summed E-state index contributed by atoms with van der Waals surface area (Å²) in [6.07, 6.45) is 1.12. The van der Waals surface area contributed by atoms with Gasteiger partial charge in [0.1, 0.15) is 6.04 Å². The number of carbonyl (C=O) groups is 2. The number of amides is 2. The summed E-state index contributed by atoms with van der Waals surface area (Å²) in [5.74, 6) is 2.02. The van der Waals surface area contributed by atoms with Crippen molar-refractivity contribution in [2.45, 2.75) is 24.9 Å². The number of nitrogens with zero attached hydrogens (tertiary/aromatic N) is 1. The van der Waals surface area contributed by atoms with Crippen molar-refractivity contribution in [2.24, 2.45) is 0 Å². The van der Waals surface area contributed by atoms with Crippen LogP contribution in [0.2, 0.25) is 0 Å². The third-order valence-corrected chi connectivity index (χ3v) is 5.17. The maximum absolute atomic E-state index is 12.4. The summed E-state index contributed by atoms with van der Waals surface area (Å²) in [7, 11) is 0. The van der Waals surface area contributed by atoms with Crippen molar-refractivity contribution in [3.05, 3.63) is 30.3 Å². The fraction of sp³-hybridized carbons (Fsp3) is 0.500. The van der Waals surface area contributed by atoms with Gasteiger partial charge in [0, 0.05) is 42.7 Å². The Morgan fingerprint density at radius 2 is 2.13 bits per heavy atom. The molecule has 2 heterocycles. The normalized spacial score (nSPS) is 24.2. The quantitative estimate of drug-likeness (QED) is 0.857. The molecule has 2 atom stereocenters. The van der Waals surface area contributed by atoms with Gasteiger partial charge in [-0.2, -0.15) is 11.8 Å². The van der Waals surface area contributed by atoms with Gasteiger partial charge in [0.15, 0.2) is 0 Å². The molecule has 2 aliphatic rings. The van der Waals surface area contributed by atoms with Crippen molar-refractivity contribution < 1.29 is 9.59 Å². The number of halogens is 1. The van der Waals surface area contributed by atoms with Crippen molar-refractivity contribution in [2.75, 3.05) is 29.5 Å². The molecule has 2 unspecified atom stereocenters. The molecule has 2 N–H and O–H groups in total. The topological polar surface area (TPSA) is 61.4 Å². The van der Waals surface area contributed by atoms with Crippen molar-refractivity contribution >= 4 is 41.7 Å². The zero-order valence-corrected chi connectivity index (χ0v) is 14.5. The SMILES string of the molecule is Cl.O=C(CC1CSCCN1)NC1CCN(c2ccccc2)C1=O. The molecular formula is C16H22ClN3O2S. The van der Waals surface area contributed by atoms with Crippen LogP contribution in [0.4, 0.5) is 5.69 Å². The lowest BCUT2D eigenvalue weighted by Crippen LogP contribution is -2.46. The van der Waals surface area contributed by atoms with Crippen LogP contribution in [0.3, 0.4) is 0 Å². The van der Waals surface area contributed by atoms with Crippen LogP contribution in [-0.4, -0.2) is 48.5 Å². The van der Waals surface area contributed by atoms with Crippen LogP contribution in [0.1, 0.15) is 12.8 Å². The fourth-order valence-corrected chi connectivity index (χ4v) is 3.86. The molecule has 2 aliphatic heterocycles. The van der Waals surface area contributed by atoms with E-state index in [1.165, 1.54) is 0 Å². The lowest BCUT2D eigenvalue weighted by Gasteiger charge is -2.23. The molecule has 126 valence electrons. The number of thioether (sulfide) groups is 1. The molecule has 2 saturated heterocycles. The van der Waals surface area contributed by atoms with Crippen LogP contribution in [-0.2, 0) is 9.59 Å². The van der Waals surface area contributed by atoms with E-state index in [9.17, 15) is 9.59 Å². The number of carbonyl (C=O) groups excluding carboxylic acids is 2.